The Hall–Kier alpha value is -1.09. The molecule has 3 atom stereocenters. The summed E-state index contributed by atoms with van der Waals surface area (Å²) < 4.78 is 0. The Morgan fingerprint density at radius 1 is 1.13 bits per heavy atom. The van der Waals surface area contributed by atoms with Crippen LogP contribution >= 0.6 is 0 Å². The summed E-state index contributed by atoms with van der Waals surface area (Å²) in [5.74, 6) is 0.330. The van der Waals surface area contributed by atoms with Crippen molar-refractivity contribution in [1.29, 1.82) is 0 Å². The van der Waals surface area contributed by atoms with Crippen molar-refractivity contribution in [3.05, 3.63) is 24.3 Å². The quantitative estimate of drug-likeness (QED) is 0.388. The molecule has 2 N–H and O–H groups in total. The minimum atomic E-state index is -1.23. The fourth-order valence-corrected chi connectivity index (χ4v) is 3.34. The van der Waals surface area contributed by atoms with Crippen LogP contribution in [0.25, 0.3) is 0 Å². The average Bonchev–Trinajstić information content (AvgIpc) is 2.97. The van der Waals surface area contributed by atoms with Crippen molar-refractivity contribution in [2.75, 3.05) is 0 Å². The van der Waals surface area contributed by atoms with E-state index in [0.29, 0.717) is 12.8 Å². The van der Waals surface area contributed by atoms with Crippen molar-refractivity contribution in [3.63, 3.8) is 0 Å². The lowest BCUT2D eigenvalue weighted by molar-refractivity contribution is -0.146. The summed E-state index contributed by atoms with van der Waals surface area (Å²) in [5.41, 5.74) is 0. The Labute approximate surface area is 141 Å². The second-order valence-corrected chi connectivity index (χ2v) is 6.77. The number of rotatable bonds is 12. The van der Waals surface area contributed by atoms with Crippen LogP contribution in [0.3, 0.4) is 0 Å². The Morgan fingerprint density at radius 2 is 1.96 bits per heavy atom. The molecule has 0 spiro atoms. The summed E-state index contributed by atoms with van der Waals surface area (Å²) in [6.07, 6.45) is 20.2. The molecule has 0 aromatic heterocycles. The van der Waals surface area contributed by atoms with Gasteiger partial charge in [-0.2, -0.15) is 0 Å². The van der Waals surface area contributed by atoms with Crippen molar-refractivity contribution >= 4 is 5.97 Å². The van der Waals surface area contributed by atoms with Crippen molar-refractivity contribution < 1.29 is 15.0 Å². The monoisotopic (exact) mass is 322 g/mol. The number of aliphatic hydroxyl groups is 1. The van der Waals surface area contributed by atoms with Crippen molar-refractivity contribution in [2.45, 2.75) is 83.7 Å². The van der Waals surface area contributed by atoms with Gasteiger partial charge >= 0.3 is 5.97 Å². The molecule has 0 radical (unpaired) electrons. The molecule has 1 fully saturated rings. The van der Waals surface area contributed by atoms with Crippen LogP contribution in [0.2, 0.25) is 0 Å². The number of hydrogen-bond acceptors (Lipinski definition) is 2. The summed E-state index contributed by atoms with van der Waals surface area (Å²) >= 11 is 0. The highest BCUT2D eigenvalue weighted by Crippen LogP contribution is 2.35. The van der Waals surface area contributed by atoms with Gasteiger partial charge in [0.1, 0.15) is 0 Å². The Balaban J connectivity index is 2.19. The number of aliphatic carboxylic acids is 1. The maximum absolute atomic E-state index is 10.5. The molecule has 0 aromatic carbocycles. The molecule has 0 bridgehead atoms. The van der Waals surface area contributed by atoms with E-state index in [2.05, 4.69) is 25.2 Å². The molecule has 1 saturated carbocycles. The molecule has 1 aliphatic rings. The summed E-state index contributed by atoms with van der Waals surface area (Å²) in [7, 11) is 0. The topological polar surface area (TPSA) is 57.5 Å². The third-order valence-electron chi connectivity index (χ3n) is 4.82. The van der Waals surface area contributed by atoms with Crippen LogP contribution in [0.4, 0.5) is 0 Å². The highest BCUT2D eigenvalue weighted by atomic mass is 16.4. The zero-order chi connectivity index (χ0) is 16.9. The maximum atomic E-state index is 10.5. The number of aliphatic hydroxyl groups excluding tert-OH is 1. The third-order valence-corrected chi connectivity index (χ3v) is 4.82. The predicted molar refractivity (Wildman–Crippen MR) is 95.4 cm³/mol. The van der Waals surface area contributed by atoms with Crippen LogP contribution in [-0.4, -0.2) is 22.3 Å². The Bertz CT molecular complexity index is 373. The normalized spacial score (nSPS) is 23.0. The summed E-state index contributed by atoms with van der Waals surface area (Å²) in [6.45, 7) is 2.24. The molecule has 0 amide bonds. The number of allylic oxidation sites excluding steroid dienone is 4. The molecule has 23 heavy (non-hydrogen) atoms. The lowest BCUT2D eigenvalue weighted by atomic mass is 9.92. The van der Waals surface area contributed by atoms with Gasteiger partial charge in [-0.3, -0.25) is 0 Å². The van der Waals surface area contributed by atoms with Crippen LogP contribution in [0.15, 0.2) is 24.3 Å². The first-order valence-corrected chi connectivity index (χ1v) is 9.37. The number of hydrogen-bond donors (Lipinski definition) is 2. The molecule has 132 valence electrons. The van der Waals surface area contributed by atoms with E-state index in [-0.39, 0.29) is 0 Å². The predicted octanol–water partition coefficient (Wildman–Crippen LogP) is 5.10. The SMILES string of the molecule is CCCCCCC=C[C@H]1CCC[C@@H]1CC=CCCC(O)C(=O)O. The Kier molecular flexibility index (Phi) is 10.7. The van der Waals surface area contributed by atoms with Gasteiger partial charge in [0, 0.05) is 0 Å². The van der Waals surface area contributed by atoms with Crippen molar-refractivity contribution in [3.8, 4) is 0 Å². The smallest absolute Gasteiger partial charge is 0.332 e. The van der Waals surface area contributed by atoms with Gasteiger partial charge in [0.2, 0.25) is 0 Å². The van der Waals surface area contributed by atoms with Crippen LogP contribution in [0.5, 0.6) is 0 Å². The average molecular weight is 322 g/mol. The fraction of sp³-hybridized carbons (Fsp3) is 0.750. The molecule has 1 aliphatic carbocycles. The van der Waals surface area contributed by atoms with Crippen molar-refractivity contribution in [2.24, 2.45) is 11.8 Å². The molecule has 3 heteroatoms. The molecule has 0 heterocycles. The fourth-order valence-electron chi connectivity index (χ4n) is 3.34. The van der Waals surface area contributed by atoms with Crippen LogP contribution in [0, 0.1) is 11.8 Å². The number of unbranched alkanes of at least 4 members (excludes halogenated alkanes) is 4. The van der Waals surface area contributed by atoms with Crippen LogP contribution in [0.1, 0.15) is 77.6 Å². The molecule has 0 aliphatic heterocycles. The first kappa shape index (κ1) is 20.0. The summed E-state index contributed by atoms with van der Waals surface area (Å²) in [6, 6.07) is 0. The van der Waals surface area contributed by atoms with Crippen LogP contribution in [-0.2, 0) is 4.79 Å². The van der Waals surface area contributed by atoms with Gasteiger partial charge in [-0.15, -0.1) is 0 Å². The van der Waals surface area contributed by atoms with Gasteiger partial charge < -0.3 is 10.2 Å². The van der Waals surface area contributed by atoms with Gasteiger partial charge in [0.25, 0.3) is 0 Å². The minimum absolute atomic E-state index is 0.303. The largest absolute Gasteiger partial charge is 0.479 e. The van der Waals surface area contributed by atoms with Gasteiger partial charge in [-0.05, 0) is 56.8 Å². The molecular formula is C20H34O3. The summed E-state index contributed by atoms with van der Waals surface area (Å²) in [5, 5.41) is 17.8. The molecule has 1 unspecified atom stereocenters. The second-order valence-electron chi connectivity index (χ2n) is 6.77. The number of carbonyl (C=O) groups is 1. The van der Waals surface area contributed by atoms with Crippen molar-refractivity contribution in [1.82, 2.24) is 0 Å². The van der Waals surface area contributed by atoms with Gasteiger partial charge in [0.05, 0.1) is 0 Å². The molecular weight excluding hydrogens is 288 g/mol. The molecule has 3 nitrogen and oxygen atoms in total. The second kappa shape index (κ2) is 12.3. The molecule has 0 saturated heterocycles. The van der Waals surface area contributed by atoms with E-state index in [4.69, 9.17) is 5.11 Å². The van der Waals surface area contributed by atoms with E-state index in [1.165, 1.54) is 51.4 Å². The van der Waals surface area contributed by atoms with E-state index in [9.17, 15) is 9.90 Å². The lowest BCUT2D eigenvalue weighted by Crippen LogP contribution is -2.18. The zero-order valence-corrected chi connectivity index (χ0v) is 14.6. The minimum Gasteiger partial charge on any atom is -0.479 e. The number of carboxylic acid groups (broad SMARTS) is 1. The van der Waals surface area contributed by atoms with Gasteiger partial charge in [0.15, 0.2) is 6.10 Å². The van der Waals surface area contributed by atoms with E-state index < -0.39 is 12.1 Å². The standard InChI is InChI=1S/C20H34O3/c1-2-3-4-5-6-8-12-17-14-11-15-18(17)13-9-7-10-16-19(21)20(22)23/h7-9,12,17-19,21H,2-6,10-11,13-16H2,1H3,(H,22,23)/t17-,18-,19?/m0/s1. The maximum Gasteiger partial charge on any atom is 0.332 e. The zero-order valence-electron chi connectivity index (χ0n) is 14.6. The first-order chi connectivity index (χ1) is 11.1. The van der Waals surface area contributed by atoms with Crippen LogP contribution < -0.4 is 0 Å². The van der Waals surface area contributed by atoms with E-state index in [1.54, 1.807) is 0 Å². The molecule has 1 rings (SSSR count). The lowest BCUT2D eigenvalue weighted by Gasteiger charge is -2.14. The first-order valence-electron chi connectivity index (χ1n) is 9.37. The van der Waals surface area contributed by atoms with E-state index >= 15 is 0 Å². The molecule has 0 aromatic rings. The highest BCUT2D eigenvalue weighted by molar-refractivity contribution is 5.71. The third kappa shape index (κ3) is 8.95. The van der Waals surface area contributed by atoms with Gasteiger partial charge in [-0.25, -0.2) is 4.79 Å². The number of carboxylic acids is 1. The summed E-state index contributed by atoms with van der Waals surface area (Å²) in [4.78, 5) is 10.5. The van der Waals surface area contributed by atoms with E-state index in [0.717, 1.165) is 18.3 Å². The highest BCUT2D eigenvalue weighted by Gasteiger charge is 2.23. The van der Waals surface area contributed by atoms with E-state index in [1.807, 2.05) is 6.08 Å². The van der Waals surface area contributed by atoms with Gasteiger partial charge in [-0.1, -0.05) is 56.9 Å². The Morgan fingerprint density at radius 3 is 2.70 bits per heavy atom.